The number of carbonyl (C=O) groups is 2. The van der Waals surface area contributed by atoms with Crippen LogP contribution in [0.2, 0.25) is 0 Å². The van der Waals surface area contributed by atoms with E-state index in [2.05, 4.69) is 0 Å². The van der Waals surface area contributed by atoms with Gasteiger partial charge in [0.1, 0.15) is 26.1 Å². The van der Waals surface area contributed by atoms with Gasteiger partial charge in [-0.1, -0.05) is 12.1 Å². The number of esters is 2. The molecule has 2 heterocycles. The first-order valence-electron chi connectivity index (χ1n) is 7.93. The quantitative estimate of drug-likeness (QED) is 0.363. The molecule has 2 rings (SSSR count). The van der Waals surface area contributed by atoms with Gasteiger partial charge in [0.05, 0.1) is 0 Å². The Bertz CT molecular complexity index is 585. The highest BCUT2D eigenvalue weighted by Gasteiger charge is 2.09. The van der Waals surface area contributed by atoms with Crippen molar-refractivity contribution < 1.29 is 28.2 Å². The normalized spacial score (nSPS) is 9.38. The zero-order valence-corrected chi connectivity index (χ0v) is 16.0. The Morgan fingerprint density at radius 1 is 0.615 bits per heavy atom. The van der Waals surface area contributed by atoms with Crippen LogP contribution < -0.4 is 9.13 Å². The molecule has 0 aromatic carbocycles. The zero-order valence-electron chi connectivity index (χ0n) is 14.4. The van der Waals surface area contributed by atoms with Crippen LogP contribution in [0.4, 0.5) is 0 Å². The Morgan fingerprint density at radius 2 is 0.962 bits per heavy atom. The van der Waals surface area contributed by atoms with Crippen molar-refractivity contribution in [2.24, 2.45) is 0 Å². The van der Waals surface area contributed by atoms with Crippen LogP contribution >= 0.6 is 24.8 Å². The van der Waals surface area contributed by atoms with Crippen molar-refractivity contribution in [2.45, 2.75) is 25.9 Å². The van der Waals surface area contributed by atoms with E-state index in [0.717, 1.165) is 0 Å². The average Bonchev–Trinajstić information content (AvgIpc) is 2.63. The van der Waals surface area contributed by atoms with E-state index in [1.165, 1.54) is 0 Å². The number of aryl methyl sites for hydroxylation is 2. The van der Waals surface area contributed by atoms with Crippen LogP contribution in [0.15, 0.2) is 61.2 Å². The molecule has 0 aliphatic rings. The largest absolute Gasteiger partial charge is 0.462 e. The molecule has 0 saturated carbocycles. The number of halogens is 2. The number of pyridine rings is 2. The Balaban J connectivity index is 0.00000312. The fraction of sp³-hybridized carbons (Fsp3) is 0.333. The lowest BCUT2D eigenvalue weighted by molar-refractivity contribution is -0.696. The van der Waals surface area contributed by atoms with Gasteiger partial charge in [0, 0.05) is 24.3 Å². The number of ether oxygens (including phenoxy) is 2. The van der Waals surface area contributed by atoms with E-state index >= 15 is 0 Å². The SMILES string of the molecule is Cl.Cl.O=C(CC[n+]1ccccc1)OCCOC(=O)CC[n+]1ccccc1. The molecule has 0 atom stereocenters. The average molecular weight is 403 g/mol. The van der Waals surface area contributed by atoms with Crippen molar-refractivity contribution in [2.75, 3.05) is 13.2 Å². The number of nitrogens with zero attached hydrogens (tertiary/aromatic N) is 2. The third kappa shape index (κ3) is 9.96. The van der Waals surface area contributed by atoms with Crippen LogP contribution in [0.25, 0.3) is 0 Å². The Morgan fingerprint density at radius 3 is 1.31 bits per heavy atom. The molecule has 8 heteroatoms. The summed E-state index contributed by atoms with van der Waals surface area (Å²) in [6, 6.07) is 11.4. The Kier molecular flexibility index (Phi) is 12.9. The lowest BCUT2D eigenvalue weighted by atomic mass is 10.4. The van der Waals surface area contributed by atoms with Crippen LogP contribution in [-0.2, 0) is 32.2 Å². The molecule has 0 saturated heterocycles. The van der Waals surface area contributed by atoms with Crippen molar-refractivity contribution in [3.63, 3.8) is 0 Å². The monoisotopic (exact) mass is 402 g/mol. The molecule has 0 radical (unpaired) electrons. The van der Waals surface area contributed by atoms with Crippen LogP contribution in [0.5, 0.6) is 0 Å². The molecule has 26 heavy (non-hydrogen) atoms. The van der Waals surface area contributed by atoms with Crippen molar-refractivity contribution >= 4 is 36.8 Å². The predicted octanol–water partition coefficient (Wildman–Crippen LogP) is 1.67. The molecule has 0 N–H and O–H groups in total. The smallest absolute Gasteiger partial charge is 0.312 e. The maximum absolute atomic E-state index is 11.6. The topological polar surface area (TPSA) is 60.4 Å². The molecule has 2 aromatic heterocycles. The van der Waals surface area contributed by atoms with E-state index in [-0.39, 0.29) is 62.8 Å². The first-order valence-corrected chi connectivity index (χ1v) is 7.93. The van der Waals surface area contributed by atoms with Gasteiger partial charge in [0.2, 0.25) is 0 Å². The Hall–Kier alpha value is -2.18. The molecule has 0 aliphatic heterocycles. The maximum Gasteiger partial charge on any atom is 0.312 e. The number of rotatable bonds is 9. The summed E-state index contributed by atoms with van der Waals surface area (Å²) in [4.78, 5) is 23.2. The van der Waals surface area contributed by atoms with Gasteiger partial charge in [-0.3, -0.25) is 9.59 Å². The minimum absolute atomic E-state index is 0. The molecule has 0 fully saturated rings. The van der Waals surface area contributed by atoms with E-state index in [1.54, 1.807) is 0 Å². The predicted molar refractivity (Wildman–Crippen MR) is 98.9 cm³/mol. The van der Waals surface area contributed by atoms with E-state index < -0.39 is 0 Å². The Labute approximate surface area is 165 Å². The number of hydrogen-bond donors (Lipinski definition) is 0. The standard InChI is InChI=1S/C18H22N2O4.2ClH/c21-17(7-13-19-9-3-1-4-10-19)23-15-16-24-18(22)8-14-20-11-5-2-6-12-20;;/h1-6,9-12H,7-8,13-16H2;2*1H/q+2;;. The second kappa shape index (κ2) is 14.0. The summed E-state index contributed by atoms with van der Waals surface area (Å²) in [6.45, 7) is 1.30. The molecule has 2 aromatic rings. The van der Waals surface area contributed by atoms with Crippen LogP contribution in [0, 0.1) is 0 Å². The van der Waals surface area contributed by atoms with Crippen molar-refractivity contribution in [3.05, 3.63) is 61.2 Å². The second-order valence-corrected chi connectivity index (χ2v) is 5.17. The van der Waals surface area contributed by atoms with Crippen LogP contribution in [-0.4, -0.2) is 25.2 Å². The van der Waals surface area contributed by atoms with Crippen LogP contribution in [0.3, 0.4) is 0 Å². The minimum atomic E-state index is -0.303. The third-order valence-corrected chi connectivity index (χ3v) is 3.31. The van der Waals surface area contributed by atoms with Crippen molar-refractivity contribution in [1.82, 2.24) is 0 Å². The van der Waals surface area contributed by atoms with Gasteiger partial charge in [-0.05, 0) is 0 Å². The molecule has 6 nitrogen and oxygen atoms in total. The van der Waals surface area contributed by atoms with Gasteiger partial charge in [0.15, 0.2) is 37.9 Å². The first kappa shape index (κ1) is 23.8. The van der Waals surface area contributed by atoms with Crippen molar-refractivity contribution in [3.8, 4) is 0 Å². The molecular formula is C18H24Cl2N2O4+2. The maximum atomic E-state index is 11.6. The van der Waals surface area contributed by atoms with E-state index in [1.807, 2.05) is 70.3 Å². The fourth-order valence-corrected chi connectivity index (χ4v) is 2.06. The van der Waals surface area contributed by atoms with Gasteiger partial charge in [-0.2, -0.15) is 0 Å². The summed E-state index contributed by atoms with van der Waals surface area (Å²) < 4.78 is 13.9. The van der Waals surface area contributed by atoms with E-state index in [4.69, 9.17) is 9.47 Å². The van der Waals surface area contributed by atoms with E-state index in [0.29, 0.717) is 13.1 Å². The highest BCUT2D eigenvalue weighted by atomic mass is 35.5. The lowest BCUT2D eigenvalue weighted by Crippen LogP contribution is -2.34. The van der Waals surface area contributed by atoms with Crippen LogP contribution in [0.1, 0.15) is 12.8 Å². The van der Waals surface area contributed by atoms with Gasteiger partial charge in [-0.25, -0.2) is 9.13 Å². The molecule has 142 valence electrons. The highest BCUT2D eigenvalue weighted by Crippen LogP contribution is 1.91. The summed E-state index contributed by atoms with van der Waals surface area (Å²) in [7, 11) is 0. The molecule has 0 aliphatic carbocycles. The summed E-state index contributed by atoms with van der Waals surface area (Å²) in [5.74, 6) is -0.607. The van der Waals surface area contributed by atoms with E-state index in [9.17, 15) is 9.59 Å². The molecule has 0 bridgehead atoms. The van der Waals surface area contributed by atoms with Gasteiger partial charge >= 0.3 is 11.9 Å². The minimum Gasteiger partial charge on any atom is -0.462 e. The van der Waals surface area contributed by atoms with Gasteiger partial charge in [0.25, 0.3) is 0 Å². The number of carbonyl (C=O) groups excluding carboxylic acids is 2. The number of aromatic nitrogens is 2. The molecule has 0 amide bonds. The third-order valence-electron chi connectivity index (χ3n) is 3.31. The molecule has 0 spiro atoms. The second-order valence-electron chi connectivity index (χ2n) is 5.17. The summed E-state index contributed by atoms with van der Waals surface area (Å²) >= 11 is 0. The fourth-order valence-electron chi connectivity index (χ4n) is 2.06. The zero-order chi connectivity index (χ0) is 17.0. The molecule has 0 unspecified atom stereocenters. The van der Waals surface area contributed by atoms with Crippen molar-refractivity contribution in [1.29, 1.82) is 0 Å². The lowest BCUT2D eigenvalue weighted by Gasteiger charge is -2.05. The summed E-state index contributed by atoms with van der Waals surface area (Å²) in [5.41, 5.74) is 0. The summed E-state index contributed by atoms with van der Waals surface area (Å²) in [5, 5.41) is 0. The summed E-state index contributed by atoms with van der Waals surface area (Å²) in [6.07, 6.45) is 8.12. The van der Waals surface area contributed by atoms with Gasteiger partial charge < -0.3 is 9.47 Å². The number of hydrogen-bond acceptors (Lipinski definition) is 4. The molecular weight excluding hydrogens is 379 g/mol. The highest BCUT2D eigenvalue weighted by molar-refractivity contribution is 5.85. The van der Waals surface area contributed by atoms with Gasteiger partial charge in [-0.15, -0.1) is 24.8 Å². The first-order chi connectivity index (χ1) is 11.7.